The molecule has 1 nitrogen and oxygen atoms in total. The van der Waals surface area contributed by atoms with Crippen molar-refractivity contribution in [2.75, 3.05) is 13.1 Å². The van der Waals surface area contributed by atoms with Gasteiger partial charge in [-0.3, -0.25) is 0 Å². The number of benzene rings is 2. The maximum Gasteiger partial charge on any atom is 0.123 e. The summed E-state index contributed by atoms with van der Waals surface area (Å²) >= 11 is 0. The molecule has 0 heterocycles. The Balaban J connectivity index is 1.76. The van der Waals surface area contributed by atoms with E-state index in [1.54, 1.807) is 6.07 Å². The molecule has 2 aromatic carbocycles. The van der Waals surface area contributed by atoms with Crippen LogP contribution in [0.25, 0.3) is 0 Å². The zero-order chi connectivity index (χ0) is 14.4. The Bertz CT molecular complexity index is 536. The second-order valence-electron chi connectivity index (χ2n) is 5.34. The lowest BCUT2D eigenvalue weighted by atomic mass is 10.0. The molecule has 1 N–H and O–H groups in total. The van der Waals surface area contributed by atoms with Crippen molar-refractivity contribution in [2.24, 2.45) is 0 Å². The van der Waals surface area contributed by atoms with Crippen LogP contribution < -0.4 is 5.32 Å². The number of hydrogen-bond donors (Lipinski definition) is 1. The molecule has 0 fully saturated rings. The maximum absolute atomic E-state index is 13.0. The van der Waals surface area contributed by atoms with Crippen LogP contribution >= 0.6 is 0 Å². The molecule has 0 aliphatic rings. The van der Waals surface area contributed by atoms with E-state index in [1.165, 1.54) is 17.2 Å². The van der Waals surface area contributed by atoms with Crippen molar-refractivity contribution in [1.29, 1.82) is 0 Å². The molecule has 0 aliphatic heterocycles. The Hall–Kier alpha value is -1.67. The van der Waals surface area contributed by atoms with Gasteiger partial charge in [0.2, 0.25) is 0 Å². The number of halogens is 1. The molecule has 1 unspecified atom stereocenters. The van der Waals surface area contributed by atoms with Crippen molar-refractivity contribution < 1.29 is 4.39 Å². The third-order valence-electron chi connectivity index (χ3n) is 3.69. The van der Waals surface area contributed by atoms with Gasteiger partial charge in [-0.2, -0.15) is 0 Å². The minimum atomic E-state index is -0.156. The van der Waals surface area contributed by atoms with Crippen LogP contribution in [-0.2, 0) is 6.42 Å². The normalized spacial score (nSPS) is 12.3. The minimum Gasteiger partial charge on any atom is -0.316 e. The van der Waals surface area contributed by atoms with Crippen molar-refractivity contribution >= 4 is 0 Å². The molecule has 0 saturated heterocycles. The average Bonchev–Trinajstić information content (AvgIpc) is 2.46. The van der Waals surface area contributed by atoms with E-state index < -0.39 is 0 Å². The smallest absolute Gasteiger partial charge is 0.123 e. The van der Waals surface area contributed by atoms with Gasteiger partial charge in [0.25, 0.3) is 0 Å². The summed E-state index contributed by atoms with van der Waals surface area (Å²) in [5.41, 5.74) is 3.60. The van der Waals surface area contributed by atoms with E-state index in [1.807, 2.05) is 19.1 Å². The van der Waals surface area contributed by atoms with Gasteiger partial charge in [-0.1, -0.05) is 43.3 Å². The van der Waals surface area contributed by atoms with E-state index in [2.05, 4.69) is 36.5 Å². The van der Waals surface area contributed by atoms with Gasteiger partial charge in [-0.25, -0.2) is 4.39 Å². The topological polar surface area (TPSA) is 12.0 Å². The molecule has 0 aliphatic carbocycles. The van der Waals surface area contributed by atoms with Gasteiger partial charge in [0, 0.05) is 6.54 Å². The molecule has 0 amide bonds. The molecule has 2 aromatic rings. The van der Waals surface area contributed by atoms with Crippen molar-refractivity contribution in [1.82, 2.24) is 5.32 Å². The summed E-state index contributed by atoms with van der Waals surface area (Å²) in [5, 5.41) is 3.48. The summed E-state index contributed by atoms with van der Waals surface area (Å²) < 4.78 is 13.0. The molecule has 0 radical (unpaired) electrons. The lowest BCUT2D eigenvalue weighted by Gasteiger charge is -2.13. The minimum absolute atomic E-state index is 0.156. The lowest BCUT2D eigenvalue weighted by molar-refractivity contribution is 0.610. The van der Waals surface area contributed by atoms with Crippen LogP contribution in [0.15, 0.2) is 48.5 Å². The Morgan fingerprint density at radius 1 is 1.10 bits per heavy atom. The van der Waals surface area contributed by atoms with Gasteiger partial charge in [-0.15, -0.1) is 0 Å². The molecule has 2 rings (SSSR count). The first-order valence-corrected chi connectivity index (χ1v) is 7.17. The van der Waals surface area contributed by atoms with E-state index >= 15 is 0 Å². The average molecular weight is 271 g/mol. The fourth-order valence-electron chi connectivity index (χ4n) is 2.38. The van der Waals surface area contributed by atoms with E-state index in [0.29, 0.717) is 5.92 Å². The van der Waals surface area contributed by atoms with Crippen LogP contribution in [0.4, 0.5) is 4.39 Å². The second kappa shape index (κ2) is 7.20. The second-order valence-corrected chi connectivity index (χ2v) is 5.34. The van der Waals surface area contributed by atoms with Gasteiger partial charge in [0.1, 0.15) is 5.82 Å². The van der Waals surface area contributed by atoms with Crippen LogP contribution in [-0.4, -0.2) is 13.1 Å². The molecule has 20 heavy (non-hydrogen) atoms. The molecule has 0 spiro atoms. The molecule has 0 aromatic heterocycles. The third-order valence-corrected chi connectivity index (χ3v) is 3.69. The molecular formula is C18H22FN. The van der Waals surface area contributed by atoms with E-state index in [9.17, 15) is 4.39 Å². The highest BCUT2D eigenvalue weighted by Gasteiger charge is 2.04. The Morgan fingerprint density at radius 3 is 2.55 bits per heavy atom. The summed E-state index contributed by atoms with van der Waals surface area (Å²) in [6.07, 6.45) is 0.938. The van der Waals surface area contributed by atoms with Crippen LogP contribution in [0, 0.1) is 12.7 Å². The predicted molar refractivity (Wildman–Crippen MR) is 82.6 cm³/mol. The molecule has 1 atom stereocenters. The van der Waals surface area contributed by atoms with E-state index in [0.717, 1.165) is 25.1 Å². The third kappa shape index (κ3) is 4.17. The van der Waals surface area contributed by atoms with Gasteiger partial charge in [-0.05, 0) is 54.6 Å². The lowest BCUT2D eigenvalue weighted by Crippen LogP contribution is -2.22. The Morgan fingerprint density at radius 2 is 1.85 bits per heavy atom. The highest BCUT2D eigenvalue weighted by atomic mass is 19.1. The van der Waals surface area contributed by atoms with Gasteiger partial charge < -0.3 is 5.32 Å². The Kier molecular flexibility index (Phi) is 5.31. The predicted octanol–water partition coefficient (Wildman–Crippen LogP) is 4.07. The number of rotatable bonds is 6. The van der Waals surface area contributed by atoms with Crippen molar-refractivity contribution in [3.63, 3.8) is 0 Å². The molecule has 0 saturated carbocycles. The van der Waals surface area contributed by atoms with Crippen LogP contribution in [0.3, 0.4) is 0 Å². The van der Waals surface area contributed by atoms with Crippen LogP contribution in [0.2, 0.25) is 0 Å². The first kappa shape index (κ1) is 14.7. The first-order valence-electron chi connectivity index (χ1n) is 7.17. The Labute approximate surface area is 120 Å². The van der Waals surface area contributed by atoms with Gasteiger partial charge in [0.05, 0.1) is 0 Å². The van der Waals surface area contributed by atoms with Crippen molar-refractivity contribution in [2.45, 2.75) is 26.2 Å². The van der Waals surface area contributed by atoms with Crippen LogP contribution in [0.1, 0.15) is 29.5 Å². The van der Waals surface area contributed by atoms with Crippen molar-refractivity contribution in [3.05, 3.63) is 71.0 Å². The summed E-state index contributed by atoms with van der Waals surface area (Å²) in [6, 6.07) is 15.5. The largest absolute Gasteiger partial charge is 0.316 e. The summed E-state index contributed by atoms with van der Waals surface area (Å²) in [6.45, 7) is 6.07. The highest BCUT2D eigenvalue weighted by Crippen LogP contribution is 2.13. The fourth-order valence-corrected chi connectivity index (χ4v) is 2.38. The zero-order valence-corrected chi connectivity index (χ0v) is 12.2. The number of hydrogen-bond acceptors (Lipinski definition) is 1. The van der Waals surface area contributed by atoms with Gasteiger partial charge in [0.15, 0.2) is 0 Å². The fraction of sp³-hybridized carbons (Fsp3) is 0.333. The van der Waals surface area contributed by atoms with E-state index in [4.69, 9.17) is 0 Å². The molecule has 106 valence electrons. The zero-order valence-electron chi connectivity index (χ0n) is 12.2. The highest BCUT2D eigenvalue weighted by molar-refractivity contribution is 5.26. The SMILES string of the molecule is Cc1cc(F)ccc1CCNCC(C)c1ccccc1. The van der Waals surface area contributed by atoms with Crippen LogP contribution in [0.5, 0.6) is 0 Å². The van der Waals surface area contributed by atoms with E-state index in [-0.39, 0.29) is 5.82 Å². The standard InChI is InChI=1S/C18H22FN/c1-14-12-18(19)9-8-17(14)10-11-20-13-15(2)16-6-4-3-5-7-16/h3-9,12,15,20H,10-11,13H2,1-2H3. The quantitative estimate of drug-likeness (QED) is 0.781. The first-order chi connectivity index (χ1) is 9.66. The monoisotopic (exact) mass is 271 g/mol. The van der Waals surface area contributed by atoms with Gasteiger partial charge >= 0.3 is 0 Å². The number of nitrogens with one attached hydrogen (secondary N) is 1. The molecular weight excluding hydrogens is 249 g/mol. The van der Waals surface area contributed by atoms with Crippen molar-refractivity contribution in [3.8, 4) is 0 Å². The summed E-state index contributed by atoms with van der Waals surface area (Å²) in [5.74, 6) is 0.349. The summed E-state index contributed by atoms with van der Waals surface area (Å²) in [7, 11) is 0. The maximum atomic E-state index is 13.0. The molecule has 0 bridgehead atoms. The molecule has 2 heteroatoms. The summed E-state index contributed by atoms with van der Waals surface area (Å²) in [4.78, 5) is 0. The number of aryl methyl sites for hydroxylation is 1.